The SMILES string of the molecule is OCc1c(F)cccc1SC1COC1. The van der Waals surface area contributed by atoms with Crippen molar-refractivity contribution >= 4 is 11.8 Å². The van der Waals surface area contributed by atoms with Crippen molar-refractivity contribution in [2.75, 3.05) is 13.2 Å². The summed E-state index contributed by atoms with van der Waals surface area (Å²) in [4.78, 5) is 0.820. The largest absolute Gasteiger partial charge is 0.392 e. The average molecular weight is 214 g/mol. The fourth-order valence-corrected chi connectivity index (χ4v) is 2.41. The predicted octanol–water partition coefficient (Wildman–Crippen LogP) is 1.81. The Morgan fingerprint density at radius 1 is 1.50 bits per heavy atom. The van der Waals surface area contributed by atoms with E-state index in [0.717, 1.165) is 4.90 Å². The minimum absolute atomic E-state index is 0.247. The lowest BCUT2D eigenvalue weighted by molar-refractivity contribution is 0.0455. The molecule has 1 aliphatic rings. The van der Waals surface area contributed by atoms with Gasteiger partial charge < -0.3 is 9.84 Å². The molecule has 1 heterocycles. The molecule has 2 nitrogen and oxygen atoms in total. The van der Waals surface area contributed by atoms with Gasteiger partial charge in [0.1, 0.15) is 5.82 Å². The van der Waals surface area contributed by atoms with Gasteiger partial charge in [-0.15, -0.1) is 11.8 Å². The van der Waals surface area contributed by atoms with E-state index in [1.807, 2.05) is 6.07 Å². The quantitative estimate of drug-likeness (QED) is 0.832. The van der Waals surface area contributed by atoms with Gasteiger partial charge in [0, 0.05) is 10.5 Å². The first-order chi connectivity index (χ1) is 6.81. The number of halogens is 1. The zero-order valence-corrected chi connectivity index (χ0v) is 8.39. The molecule has 0 radical (unpaired) electrons. The first kappa shape index (κ1) is 9.96. The first-order valence-corrected chi connectivity index (χ1v) is 5.32. The molecule has 0 unspecified atom stereocenters. The van der Waals surface area contributed by atoms with Gasteiger partial charge in [0.2, 0.25) is 0 Å². The predicted molar refractivity (Wildman–Crippen MR) is 52.8 cm³/mol. The summed E-state index contributed by atoms with van der Waals surface area (Å²) < 4.78 is 18.3. The minimum Gasteiger partial charge on any atom is -0.392 e. The highest BCUT2D eigenvalue weighted by atomic mass is 32.2. The van der Waals surface area contributed by atoms with Crippen LogP contribution in [0.15, 0.2) is 23.1 Å². The maximum Gasteiger partial charge on any atom is 0.129 e. The molecular weight excluding hydrogens is 203 g/mol. The van der Waals surface area contributed by atoms with Crippen molar-refractivity contribution in [1.82, 2.24) is 0 Å². The number of benzene rings is 1. The van der Waals surface area contributed by atoms with Crippen LogP contribution in [0.25, 0.3) is 0 Å². The van der Waals surface area contributed by atoms with Crippen LogP contribution in [0.5, 0.6) is 0 Å². The number of aliphatic hydroxyl groups excluding tert-OH is 1. The Hall–Kier alpha value is -0.580. The Labute approximate surface area is 86.1 Å². The second-order valence-corrected chi connectivity index (χ2v) is 4.49. The van der Waals surface area contributed by atoms with Gasteiger partial charge >= 0.3 is 0 Å². The second kappa shape index (κ2) is 4.29. The van der Waals surface area contributed by atoms with Crippen LogP contribution in [0.3, 0.4) is 0 Å². The van der Waals surface area contributed by atoms with E-state index >= 15 is 0 Å². The lowest BCUT2D eigenvalue weighted by Crippen LogP contribution is -2.30. The Balaban J connectivity index is 2.17. The highest BCUT2D eigenvalue weighted by molar-refractivity contribution is 8.00. The number of rotatable bonds is 3. The lowest BCUT2D eigenvalue weighted by atomic mass is 10.2. The first-order valence-electron chi connectivity index (χ1n) is 4.44. The van der Waals surface area contributed by atoms with Crippen molar-refractivity contribution in [3.63, 3.8) is 0 Å². The van der Waals surface area contributed by atoms with Gasteiger partial charge in [-0.2, -0.15) is 0 Å². The smallest absolute Gasteiger partial charge is 0.129 e. The van der Waals surface area contributed by atoms with E-state index in [0.29, 0.717) is 24.0 Å². The van der Waals surface area contributed by atoms with Gasteiger partial charge in [0.15, 0.2) is 0 Å². The van der Waals surface area contributed by atoms with Crippen molar-refractivity contribution in [3.8, 4) is 0 Å². The summed E-state index contributed by atoms with van der Waals surface area (Å²) in [5.41, 5.74) is 0.393. The Morgan fingerprint density at radius 3 is 2.86 bits per heavy atom. The standard InChI is InChI=1S/C10H11FO2S/c11-9-2-1-3-10(8(9)4-12)14-7-5-13-6-7/h1-3,7,12H,4-6H2. The molecule has 14 heavy (non-hydrogen) atoms. The highest BCUT2D eigenvalue weighted by Crippen LogP contribution is 2.31. The molecule has 0 aromatic heterocycles. The van der Waals surface area contributed by atoms with E-state index in [9.17, 15) is 4.39 Å². The normalized spacial score (nSPS) is 16.7. The van der Waals surface area contributed by atoms with Crippen LogP contribution in [0, 0.1) is 5.82 Å². The molecule has 76 valence electrons. The topological polar surface area (TPSA) is 29.5 Å². The Bertz CT molecular complexity index is 326. The van der Waals surface area contributed by atoms with Gasteiger partial charge in [0.25, 0.3) is 0 Å². The van der Waals surface area contributed by atoms with E-state index in [2.05, 4.69) is 0 Å². The number of aliphatic hydroxyl groups is 1. The second-order valence-electron chi connectivity index (χ2n) is 3.15. The minimum atomic E-state index is -0.335. The number of hydrogen-bond acceptors (Lipinski definition) is 3. The third-order valence-electron chi connectivity index (χ3n) is 2.14. The van der Waals surface area contributed by atoms with Crippen LogP contribution in [0.1, 0.15) is 5.56 Å². The molecule has 0 amide bonds. The molecule has 1 aromatic rings. The fourth-order valence-electron chi connectivity index (χ4n) is 1.26. The highest BCUT2D eigenvalue weighted by Gasteiger charge is 2.21. The third kappa shape index (κ3) is 1.92. The number of thioether (sulfide) groups is 1. The van der Waals surface area contributed by atoms with Gasteiger partial charge in [-0.05, 0) is 12.1 Å². The maximum absolute atomic E-state index is 13.2. The summed E-state index contributed by atoms with van der Waals surface area (Å²) in [6.07, 6.45) is 0. The van der Waals surface area contributed by atoms with Gasteiger partial charge in [-0.3, -0.25) is 0 Å². The summed E-state index contributed by atoms with van der Waals surface area (Å²) in [6, 6.07) is 4.86. The summed E-state index contributed by atoms with van der Waals surface area (Å²) in [7, 11) is 0. The van der Waals surface area contributed by atoms with Crippen molar-refractivity contribution in [2.24, 2.45) is 0 Å². The van der Waals surface area contributed by atoms with Crippen molar-refractivity contribution < 1.29 is 14.2 Å². The van der Waals surface area contributed by atoms with Crippen LogP contribution < -0.4 is 0 Å². The molecule has 0 spiro atoms. The molecule has 1 saturated heterocycles. The molecule has 0 bridgehead atoms. The maximum atomic E-state index is 13.2. The molecule has 1 aromatic carbocycles. The Morgan fingerprint density at radius 2 is 2.29 bits per heavy atom. The van der Waals surface area contributed by atoms with E-state index in [4.69, 9.17) is 9.84 Å². The van der Waals surface area contributed by atoms with Crippen molar-refractivity contribution in [2.45, 2.75) is 16.8 Å². The summed E-state index contributed by atoms with van der Waals surface area (Å²) in [5.74, 6) is -0.335. The molecule has 0 atom stereocenters. The molecule has 0 aliphatic carbocycles. The molecule has 0 saturated carbocycles. The van der Waals surface area contributed by atoms with Crippen molar-refractivity contribution in [3.05, 3.63) is 29.6 Å². The monoisotopic (exact) mass is 214 g/mol. The summed E-state index contributed by atoms with van der Waals surface area (Å²) in [5, 5.41) is 9.42. The summed E-state index contributed by atoms with van der Waals surface area (Å²) >= 11 is 1.57. The van der Waals surface area contributed by atoms with Gasteiger partial charge in [-0.25, -0.2) is 4.39 Å². The zero-order chi connectivity index (χ0) is 9.97. The van der Waals surface area contributed by atoms with Crippen LogP contribution in [-0.2, 0) is 11.3 Å². The average Bonchev–Trinajstić information content (AvgIpc) is 2.11. The molecular formula is C10H11FO2S. The van der Waals surface area contributed by atoms with E-state index in [-0.39, 0.29) is 12.4 Å². The molecule has 1 aliphatic heterocycles. The van der Waals surface area contributed by atoms with Crippen LogP contribution in [0.4, 0.5) is 4.39 Å². The Kier molecular flexibility index (Phi) is 3.05. The van der Waals surface area contributed by atoms with Gasteiger partial charge in [-0.1, -0.05) is 6.07 Å². The molecule has 2 rings (SSSR count). The van der Waals surface area contributed by atoms with Crippen LogP contribution in [0.2, 0.25) is 0 Å². The van der Waals surface area contributed by atoms with E-state index in [1.165, 1.54) is 6.07 Å². The fraction of sp³-hybridized carbons (Fsp3) is 0.400. The number of hydrogen-bond donors (Lipinski definition) is 1. The van der Waals surface area contributed by atoms with E-state index < -0.39 is 0 Å². The molecule has 1 fully saturated rings. The van der Waals surface area contributed by atoms with Crippen LogP contribution >= 0.6 is 11.8 Å². The summed E-state index contributed by atoms with van der Waals surface area (Å²) in [6.45, 7) is 1.18. The van der Waals surface area contributed by atoms with E-state index in [1.54, 1.807) is 17.8 Å². The molecule has 1 N–H and O–H groups in total. The third-order valence-corrected chi connectivity index (χ3v) is 3.38. The lowest BCUT2D eigenvalue weighted by Gasteiger charge is -2.25. The van der Waals surface area contributed by atoms with Gasteiger partial charge in [0.05, 0.1) is 25.1 Å². The zero-order valence-electron chi connectivity index (χ0n) is 7.57. The van der Waals surface area contributed by atoms with Crippen molar-refractivity contribution in [1.29, 1.82) is 0 Å². The van der Waals surface area contributed by atoms with Crippen LogP contribution in [-0.4, -0.2) is 23.6 Å². The number of ether oxygens (including phenoxy) is 1. The molecule has 4 heteroatoms.